The fraction of sp³-hybridized carbons (Fsp3) is 0.620. The smallest absolute Gasteiger partial charge is 0.327 e. The number of aromatic nitrogens is 1. The van der Waals surface area contributed by atoms with Crippen molar-refractivity contribution in [2.75, 3.05) is 64.7 Å². The van der Waals surface area contributed by atoms with Crippen LogP contribution in [-0.2, 0) is 86.4 Å². The number of carbonyl (C=O) groups is 15. The van der Waals surface area contributed by atoms with Gasteiger partial charge in [-0.05, 0) is 118 Å². The minimum absolute atomic E-state index is 0.0302. The summed E-state index contributed by atoms with van der Waals surface area (Å²) in [4.78, 5) is 201. The summed E-state index contributed by atoms with van der Waals surface area (Å²) in [5.41, 5.74) is 1.95. The van der Waals surface area contributed by atoms with E-state index in [-0.39, 0.29) is 150 Å². The van der Waals surface area contributed by atoms with Crippen molar-refractivity contribution in [3.05, 3.63) is 81.3 Å². The molecule has 644 valence electrons. The molecule has 1 aliphatic heterocycles. The van der Waals surface area contributed by atoms with Gasteiger partial charge in [0.25, 0.3) is 5.91 Å². The molecule has 1 aliphatic rings. The first kappa shape index (κ1) is 98.9. The Morgan fingerprint density at radius 2 is 1.32 bits per heavy atom. The number of phenolic OH excluding ortho intramolecular Hbond substituents is 1. The van der Waals surface area contributed by atoms with Gasteiger partial charge in [0.1, 0.15) is 23.5 Å². The van der Waals surface area contributed by atoms with Crippen LogP contribution in [0.5, 0.6) is 5.75 Å². The Morgan fingerprint density at radius 1 is 0.655 bits per heavy atom. The zero-order valence-corrected chi connectivity index (χ0v) is 69.8. The summed E-state index contributed by atoms with van der Waals surface area (Å²) in [7, 11) is 4.18. The zero-order valence-electron chi connectivity index (χ0n) is 67.3. The molecule has 1 unspecified atom stereocenters. The third kappa shape index (κ3) is 37.6. The molecule has 0 saturated carbocycles. The number of carboxylic acid groups (broad SMARTS) is 5. The number of thiazole rings is 1. The molecule has 2 heterocycles. The third-order valence-electron chi connectivity index (χ3n) is 19.7. The number of ether oxygens (including phenoxy) is 2. The van der Waals surface area contributed by atoms with Crippen molar-refractivity contribution in [1.29, 1.82) is 0 Å². The molecule has 0 aliphatic carbocycles. The number of phenols is 1. The second-order valence-electron chi connectivity index (χ2n) is 29.5. The number of carboxylic acids is 5. The number of hydrogen-bond donors (Lipinski definition) is 14. The number of aliphatic carboxylic acids is 5. The molecule has 11 atom stereocenters. The Balaban J connectivity index is 1.24. The van der Waals surface area contributed by atoms with Crippen molar-refractivity contribution < 1.29 is 112 Å². The molecule has 34 nitrogen and oxygen atoms in total. The van der Waals surface area contributed by atoms with Crippen molar-refractivity contribution in [1.82, 2.24) is 57.3 Å². The number of carbonyl (C=O) groups excluding carboxylic acids is 10. The van der Waals surface area contributed by atoms with E-state index < -0.39 is 139 Å². The number of esters is 1. The highest BCUT2D eigenvalue weighted by atomic mass is 33.1. The first-order chi connectivity index (χ1) is 55.1. The fourth-order valence-electron chi connectivity index (χ4n) is 12.9. The van der Waals surface area contributed by atoms with Crippen LogP contribution in [0.3, 0.4) is 0 Å². The lowest BCUT2D eigenvalue weighted by atomic mass is 9.82. The quantitative estimate of drug-likeness (QED) is 0.0118. The van der Waals surface area contributed by atoms with E-state index >= 15 is 0 Å². The molecular weight excluding hydrogens is 1570 g/mol. The molecule has 1 fully saturated rings. The van der Waals surface area contributed by atoms with Gasteiger partial charge in [-0.3, -0.25) is 57.6 Å². The topological polar surface area (TPSA) is 511 Å². The molecule has 116 heavy (non-hydrogen) atoms. The van der Waals surface area contributed by atoms with Gasteiger partial charge in [0.05, 0.1) is 55.5 Å². The fourth-order valence-corrected chi connectivity index (χ4v) is 15.8. The highest BCUT2D eigenvalue weighted by Crippen LogP contribution is 2.33. The predicted molar refractivity (Wildman–Crippen MR) is 433 cm³/mol. The summed E-state index contributed by atoms with van der Waals surface area (Å²) in [5, 5.41) is 80.4. The number of unbranched alkanes of at least 4 members (excludes halogenated alkanes) is 1. The van der Waals surface area contributed by atoms with Crippen LogP contribution in [0.4, 0.5) is 9.59 Å². The van der Waals surface area contributed by atoms with E-state index in [0.717, 1.165) is 42.2 Å². The van der Waals surface area contributed by atoms with E-state index in [1.54, 1.807) is 53.6 Å². The maximum atomic E-state index is 15.0. The Labute approximate surface area is 688 Å². The lowest BCUT2D eigenvalue weighted by molar-refractivity contribution is -0.160. The number of hydrogen-bond acceptors (Lipinski definition) is 23. The lowest BCUT2D eigenvalue weighted by Crippen LogP contribution is -2.50. The van der Waals surface area contributed by atoms with Crippen LogP contribution in [0, 0.1) is 29.6 Å². The Hall–Kier alpha value is -9.46. The van der Waals surface area contributed by atoms with Gasteiger partial charge < -0.3 is 87.5 Å². The molecule has 9 amide bonds. The largest absolute Gasteiger partial charge is 0.508 e. The Morgan fingerprint density at radius 3 is 1.96 bits per heavy atom. The van der Waals surface area contributed by atoms with Gasteiger partial charge in [0, 0.05) is 98.6 Å². The molecule has 14 N–H and O–H groups in total. The molecule has 1 aromatic heterocycles. The Kier molecular flexibility index (Phi) is 45.2. The zero-order chi connectivity index (χ0) is 86.0. The first-order valence-corrected chi connectivity index (χ1v) is 42.7. The van der Waals surface area contributed by atoms with E-state index in [0.29, 0.717) is 60.4 Å². The molecule has 37 heteroatoms. The van der Waals surface area contributed by atoms with Crippen LogP contribution in [0.1, 0.15) is 196 Å². The summed E-state index contributed by atoms with van der Waals surface area (Å²) in [6.07, 6.45) is 2.68. The minimum atomic E-state index is -1.71. The number of likely N-dealkylation sites (N-methyl/N-ethyl adjacent to an activating group) is 1. The summed E-state index contributed by atoms with van der Waals surface area (Å²) < 4.78 is 11.5. The van der Waals surface area contributed by atoms with E-state index in [2.05, 4.69) is 47.4 Å². The molecule has 3 aromatic rings. The van der Waals surface area contributed by atoms with Crippen LogP contribution in [0.25, 0.3) is 0 Å². The highest BCUT2D eigenvalue weighted by molar-refractivity contribution is 8.76. The average molecular weight is 1690 g/mol. The standard InChI is InChI=1S/C79H117N11O23S3/c1-9-16-70(101)113-46-90(75(105)57(48(5)10-2)41-65(93)62-18-12-14-31-89(62)8)63(47(3)4)36-50(7)74-87-60(44-114-74)73(104)84-55(37-51-24-26-56(91)27-25-51)35-49(6)71(102)80-30-32-112-33-34-115-116-45-61(77(108)109)86-72(103)54(40-68(97)98)39-64(92)59(42-69(99)100)85-66(94)38-52-20-22-53(23-21-52)43-83-78(110)81-28-13-11-17-58(76(106)107)88-79(111)82-29-15-19-67(95)96/h20-27,44,47-50,54-55,57-59,61-63,91H,9-19,28-43,45-46H2,1-8H3,(H,80,102)(H,84,104)(H,85,94)(H,86,103)(H,95,96)(H,97,98)(H,99,100)(H,106,107)(H,108,109)(H2,81,83,110)(H2,82,88,111)/t48?,49-,50+,54-,55+,57-,58-,59-,61-,62+,63+/m0/s1. The van der Waals surface area contributed by atoms with E-state index in [1.807, 2.05) is 48.6 Å². The number of urea groups is 2. The Bertz CT molecular complexity index is 3720. The van der Waals surface area contributed by atoms with Crippen molar-refractivity contribution in [2.24, 2.45) is 29.6 Å². The number of rotatable bonds is 57. The number of benzene rings is 2. The number of Topliss-reactive ketones (excluding diaryl/α,β-unsaturated/α-hetero) is 2. The maximum Gasteiger partial charge on any atom is 0.327 e. The van der Waals surface area contributed by atoms with Gasteiger partial charge in [-0.2, -0.15) is 0 Å². The van der Waals surface area contributed by atoms with Crippen LogP contribution in [0.15, 0.2) is 53.9 Å². The number of ketones is 2. The van der Waals surface area contributed by atoms with Crippen molar-refractivity contribution in [2.45, 2.75) is 219 Å². The van der Waals surface area contributed by atoms with Gasteiger partial charge in [0.2, 0.25) is 23.6 Å². The van der Waals surface area contributed by atoms with E-state index in [9.17, 15) is 97.5 Å². The molecular formula is C79H117N11O23S3. The van der Waals surface area contributed by atoms with Crippen LogP contribution >= 0.6 is 32.9 Å². The van der Waals surface area contributed by atoms with Crippen LogP contribution in [0.2, 0.25) is 0 Å². The monoisotopic (exact) mass is 1680 g/mol. The molecule has 0 bridgehead atoms. The summed E-state index contributed by atoms with van der Waals surface area (Å²) in [6, 6.07) is 5.67. The molecule has 4 rings (SSSR count). The van der Waals surface area contributed by atoms with Crippen molar-refractivity contribution in [3.8, 4) is 5.75 Å². The number of likely N-dealkylation sites (tertiary alicyclic amines) is 1. The molecule has 1 saturated heterocycles. The van der Waals surface area contributed by atoms with Crippen LogP contribution < -0.4 is 42.5 Å². The molecule has 2 aromatic carbocycles. The summed E-state index contributed by atoms with van der Waals surface area (Å²) in [5.74, 6) is -14.5. The molecule has 0 radical (unpaired) electrons. The van der Waals surface area contributed by atoms with Gasteiger partial charge in [-0.1, -0.05) is 119 Å². The first-order valence-electron chi connectivity index (χ1n) is 39.3. The number of aromatic hydroxyl groups is 1. The second-order valence-corrected chi connectivity index (χ2v) is 33.1. The lowest BCUT2D eigenvalue weighted by Gasteiger charge is -2.39. The van der Waals surface area contributed by atoms with Gasteiger partial charge in [-0.25, -0.2) is 24.2 Å². The normalized spacial score (nSPS) is 15.4. The van der Waals surface area contributed by atoms with Crippen molar-refractivity contribution in [3.63, 3.8) is 0 Å². The molecule has 0 spiro atoms. The van der Waals surface area contributed by atoms with Crippen molar-refractivity contribution >= 4 is 122 Å². The van der Waals surface area contributed by atoms with E-state index in [1.165, 1.54) is 34.3 Å². The average Bonchev–Trinajstić information content (AvgIpc) is 1.20. The number of nitrogens with one attached hydrogen (secondary N) is 8. The third-order valence-corrected chi connectivity index (χ3v) is 23.2. The number of amides is 9. The van der Waals surface area contributed by atoms with Crippen LogP contribution in [-0.4, -0.2) is 235 Å². The number of piperidine rings is 1. The SMILES string of the molecule is CCCC(=O)OCN(C(=O)[C@@H](CC(=O)[C@H]1CCCCN1C)C(C)CC)[C@H](C[C@@H](C)c1nc(C(=O)N[C@@H](Cc2ccc(O)cc2)C[C@H](C)C(=O)NCCOCCSSC[C@H](NC(=O)[C@H](CC(=O)O)CC(=O)[C@H](CC(=O)O)NC(=O)Cc2ccc(CNC(=O)NCCCC[C@H](NC(=O)NCCCC(=O)O)C(=O)O)cc2)C(=O)O)cs1)C(C)C. The highest BCUT2D eigenvalue weighted by Gasteiger charge is 2.40. The van der Waals surface area contributed by atoms with Gasteiger partial charge >= 0.3 is 47.9 Å². The second kappa shape index (κ2) is 53.0. The summed E-state index contributed by atoms with van der Waals surface area (Å²) in [6.45, 7) is 14.7. The minimum Gasteiger partial charge on any atom is -0.508 e. The van der Waals surface area contributed by atoms with Gasteiger partial charge in [0.15, 0.2) is 18.3 Å². The summed E-state index contributed by atoms with van der Waals surface area (Å²) >= 11 is 1.29. The van der Waals surface area contributed by atoms with Gasteiger partial charge in [-0.15, -0.1) is 11.3 Å². The maximum absolute atomic E-state index is 15.0. The predicted octanol–water partition coefficient (Wildman–Crippen LogP) is 6.89. The van der Waals surface area contributed by atoms with E-state index in [4.69, 9.17) is 19.6 Å². The number of nitrogens with zero attached hydrogens (tertiary/aromatic N) is 3.